The van der Waals surface area contributed by atoms with Crippen LogP contribution in [0.15, 0.2) is 140 Å². The number of benzene rings is 6. The van der Waals surface area contributed by atoms with Crippen LogP contribution < -0.4 is 15.9 Å². The van der Waals surface area contributed by atoms with Crippen molar-refractivity contribution in [3.63, 3.8) is 0 Å². The van der Waals surface area contributed by atoms with Crippen LogP contribution in [0.4, 0.5) is 0 Å². The second-order valence-corrected chi connectivity index (χ2v) is 12.2. The van der Waals surface area contributed by atoms with Crippen LogP contribution >= 0.6 is 7.26 Å². The van der Waals surface area contributed by atoms with Gasteiger partial charge in [0.25, 0.3) is 0 Å². The molecule has 0 saturated heterocycles. The molecule has 6 aromatic carbocycles. The van der Waals surface area contributed by atoms with E-state index in [1.165, 1.54) is 48.2 Å². The van der Waals surface area contributed by atoms with Gasteiger partial charge in [0, 0.05) is 16.2 Å². The highest BCUT2D eigenvalue weighted by Gasteiger charge is 2.47. The third-order valence-electron chi connectivity index (χ3n) is 6.94. The SMILES string of the molecule is C=CC[P+](c1cccc2ccccc12)(c1cccc2ccccc12)c1cccc2ccccc12. The van der Waals surface area contributed by atoms with Crippen LogP contribution in [0.25, 0.3) is 32.3 Å². The van der Waals surface area contributed by atoms with Gasteiger partial charge < -0.3 is 0 Å². The van der Waals surface area contributed by atoms with Gasteiger partial charge in [-0.05, 0) is 34.4 Å². The van der Waals surface area contributed by atoms with E-state index in [2.05, 4.69) is 140 Å². The van der Waals surface area contributed by atoms with E-state index in [1.807, 2.05) is 0 Å². The molecule has 6 aromatic rings. The first-order valence-corrected chi connectivity index (χ1v) is 13.7. The summed E-state index contributed by atoms with van der Waals surface area (Å²) in [5.41, 5.74) is 0. The van der Waals surface area contributed by atoms with Crippen molar-refractivity contribution in [1.82, 2.24) is 0 Å². The highest BCUT2D eigenvalue weighted by molar-refractivity contribution is 7.96. The van der Waals surface area contributed by atoms with Crippen molar-refractivity contribution < 1.29 is 0 Å². The second-order valence-electron chi connectivity index (χ2n) is 8.78. The molecule has 6 rings (SSSR count). The van der Waals surface area contributed by atoms with E-state index in [1.54, 1.807) is 0 Å². The Bertz CT molecular complexity index is 1450. The summed E-state index contributed by atoms with van der Waals surface area (Å²) in [6.45, 7) is 4.29. The average molecular weight is 454 g/mol. The lowest BCUT2D eigenvalue weighted by atomic mass is 10.1. The van der Waals surface area contributed by atoms with Crippen molar-refractivity contribution >= 4 is 55.5 Å². The standard InChI is InChI=1S/C33H26P/c1-2-24-34(31-21-9-15-25-12-3-6-18-28(25)31,32-22-10-16-26-13-4-7-19-29(26)32)33-23-11-17-27-14-5-8-20-30(27)33/h2-23H,1,24H2/q+1. The van der Waals surface area contributed by atoms with Crippen molar-refractivity contribution in [2.24, 2.45) is 0 Å². The highest BCUT2D eigenvalue weighted by Crippen LogP contribution is 2.58. The topological polar surface area (TPSA) is 0 Å². The van der Waals surface area contributed by atoms with Gasteiger partial charge >= 0.3 is 0 Å². The Kier molecular flexibility index (Phi) is 5.25. The summed E-state index contributed by atoms with van der Waals surface area (Å²) in [5.74, 6) is 0. The quantitative estimate of drug-likeness (QED) is 0.186. The van der Waals surface area contributed by atoms with Crippen molar-refractivity contribution in [3.8, 4) is 0 Å². The minimum absolute atomic E-state index is 0.906. The van der Waals surface area contributed by atoms with Crippen molar-refractivity contribution in [2.75, 3.05) is 6.16 Å². The van der Waals surface area contributed by atoms with Crippen LogP contribution in [0.5, 0.6) is 0 Å². The molecule has 0 aliphatic rings. The fourth-order valence-corrected chi connectivity index (χ4v) is 10.1. The number of hydrogen-bond acceptors (Lipinski definition) is 0. The van der Waals surface area contributed by atoms with Gasteiger partial charge in [0.05, 0.1) is 6.16 Å². The maximum absolute atomic E-state index is 4.29. The zero-order chi connectivity index (χ0) is 23.0. The second kappa shape index (κ2) is 8.56. The number of allylic oxidation sites excluding steroid dienone is 1. The van der Waals surface area contributed by atoms with Gasteiger partial charge in [-0.1, -0.05) is 122 Å². The fourth-order valence-electron chi connectivity index (χ4n) is 5.50. The molecule has 0 spiro atoms. The molecule has 0 radical (unpaired) electrons. The average Bonchev–Trinajstić information content (AvgIpc) is 2.91. The van der Waals surface area contributed by atoms with Crippen LogP contribution in [0.2, 0.25) is 0 Å². The Morgan fingerprint density at radius 1 is 0.441 bits per heavy atom. The molecule has 0 saturated carbocycles. The van der Waals surface area contributed by atoms with Gasteiger partial charge in [-0.2, -0.15) is 0 Å². The van der Waals surface area contributed by atoms with E-state index in [0.29, 0.717) is 0 Å². The monoisotopic (exact) mass is 453 g/mol. The molecule has 0 amide bonds. The minimum atomic E-state index is -2.11. The summed E-state index contributed by atoms with van der Waals surface area (Å²) in [7, 11) is -2.11. The highest BCUT2D eigenvalue weighted by atomic mass is 31.2. The van der Waals surface area contributed by atoms with Crippen LogP contribution in [0, 0.1) is 0 Å². The third kappa shape index (κ3) is 3.18. The van der Waals surface area contributed by atoms with E-state index in [0.717, 1.165) is 6.16 Å². The van der Waals surface area contributed by atoms with Gasteiger partial charge in [0.1, 0.15) is 23.2 Å². The summed E-state index contributed by atoms with van der Waals surface area (Å²) >= 11 is 0. The van der Waals surface area contributed by atoms with Gasteiger partial charge in [-0.15, -0.1) is 0 Å². The first-order valence-electron chi connectivity index (χ1n) is 11.8. The molecule has 0 atom stereocenters. The van der Waals surface area contributed by atoms with Gasteiger partial charge in [0.15, 0.2) is 0 Å². The maximum Gasteiger partial charge on any atom is 0.117 e. The summed E-state index contributed by atoms with van der Waals surface area (Å²) in [6.07, 6.45) is 3.04. The minimum Gasteiger partial charge on any atom is -0.0995 e. The molecule has 0 N–H and O–H groups in total. The van der Waals surface area contributed by atoms with E-state index in [4.69, 9.17) is 0 Å². The molecule has 1 heteroatoms. The number of hydrogen-bond donors (Lipinski definition) is 0. The smallest absolute Gasteiger partial charge is 0.0995 e. The Balaban J connectivity index is 1.85. The lowest BCUT2D eigenvalue weighted by Gasteiger charge is -2.29. The summed E-state index contributed by atoms with van der Waals surface area (Å²) in [6, 6.07) is 46.9. The predicted molar refractivity (Wildman–Crippen MR) is 153 cm³/mol. The van der Waals surface area contributed by atoms with Crippen LogP contribution in [-0.4, -0.2) is 6.16 Å². The Labute approximate surface area is 201 Å². The molecule has 0 heterocycles. The molecule has 0 aliphatic carbocycles. The van der Waals surface area contributed by atoms with Crippen molar-refractivity contribution in [2.45, 2.75) is 0 Å². The lowest BCUT2D eigenvalue weighted by molar-refractivity contribution is 1.70. The zero-order valence-electron chi connectivity index (χ0n) is 19.1. The number of rotatable bonds is 5. The molecule has 0 aliphatic heterocycles. The van der Waals surface area contributed by atoms with E-state index < -0.39 is 7.26 Å². The molecular formula is C33H26P+. The first-order chi connectivity index (χ1) is 16.8. The van der Waals surface area contributed by atoms with E-state index in [-0.39, 0.29) is 0 Å². The largest absolute Gasteiger partial charge is 0.117 e. The summed E-state index contributed by atoms with van der Waals surface area (Å²) in [5, 5.41) is 12.1. The molecule has 0 aromatic heterocycles. The van der Waals surface area contributed by atoms with E-state index in [9.17, 15) is 0 Å². The maximum atomic E-state index is 4.29. The fraction of sp³-hybridized carbons (Fsp3) is 0.0303. The van der Waals surface area contributed by atoms with Crippen LogP contribution in [-0.2, 0) is 0 Å². The Morgan fingerprint density at radius 2 is 0.765 bits per heavy atom. The van der Waals surface area contributed by atoms with Gasteiger partial charge in [-0.3, -0.25) is 0 Å². The lowest BCUT2D eigenvalue weighted by Crippen LogP contribution is -2.34. The van der Waals surface area contributed by atoms with Gasteiger partial charge in [-0.25, -0.2) is 0 Å². The summed E-state index contributed by atoms with van der Waals surface area (Å²) in [4.78, 5) is 0. The molecule has 0 fully saturated rings. The Morgan fingerprint density at radius 3 is 1.12 bits per heavy atom. The van der Waals surface area contributed by atoms with E-state index >= 15 is 0 Å². The molecular weight excluding hydrogens is 427 g/mol. The molecule has 0 bridgehead atoms. The predicted octanol–water partition coefficient (Wildman–Crippen LogP) is 7.63. The van der Waals surface area contributed by atoms with Crippen LogP contribution in [0.1, 0.15) is 0 Å². The molecule has 0 nitrogen and oxygen atoms in total. The third-order valence-corrected chi connectivity index (χ3v) is 11.4. The van der Waals surface area contributed by atoms with Crippen molar-refractivity contribution in [1.29, 1.82) is 0 Å². The zero-order valence-corrected chi connectivity index (χ0v) is 20.0. The van der Waals surface area contributed by atoms with Crippen LogP contribution in [0.3, 0.4) is 0 Å². The number of fused-ring (bicyclic) bond motifs is 3. The van der Waals surface area contributed by atoms with Gasteiger partial charge in [0.2, 0.25) is 0 Å². The molecule has 34 heavy (non-hydrogen) atoms. The molecule has 0 unspecified atom stereocenters. The molecule has 162 valence electrons. The Hall–Kier alpha value is -3.73. The normalized spacial score (nSPS) is 11.8. The van der Waals surface area contributed by atoms with Crippen molar-refractivity contribution in [3.05, 3.63) is 140 Å². The summed E-state index contributed by atoms with van der Waals surface area (Å²) < 4.78 is 0. The first kappa shape index (κ1) is 20.8.